The molecule has 0 spiro atoms. The van der Waals surface area contributed by atoms with Crippen LogP contribution >= 0.6 is 12.4 Å². The number of hydrogen-bond acceptors (Lipinski definition) is 7. The SMILES string of the molecule is C=C1CC(COc2cc(C(=O)Nc3cc(C(=O)NCCC(=N)N)n(C)c3)n(C)n2)(c2ccccc2)OC1=O.Cl. The molecule has 12 nitrogen and oxygen atoms in total. The van der Waals surface area contributed by atoms with Crippen LogP contribution in [-0.4, -0.2) is 51.1 Å². The second-order valence-electron chi connectivity index (χ2n) is 9.02. The number of amidine groups is 1. The Labute approximate surface area is 231 Å². The number of nitrogens with one attached hydrogen (secondary N) is 3. The van der Waals surface area contributed by atoms with Crippen molar-refractivity contribution in [1.82, 2.24) is 19.7 Å². The quantitative estimate of drug-likeness (QED) is 0.129. The molecule has 0 bridgehead atoms. The summed E-state index contributed by atoms with van der Waals surface area (Å²) in [5.41, 5.74) is 6.36. The molecule has 5 N–H and O–H groups in total. The maximum absolute atomic E-state index is 13.0. The van der Waals surface area contributed by atoms with E-state index in [2.05, 4.69) is 22.3 Å². The van der Waals surface area contributed by atoms with Crippen LogP contribution in [0.15, 0.2) is 60.8 Å². The van der Waals surface area contributed by atoms with Crippen molar-refractivity contribution in [3.05, 3.63) is 77.8 Å². The predicted octanol–water partition coefficient (Wildman–Crippen LogP) is 2.27. The molecule has 206 valence electrons. The molecule has 1 aromatic carbocycles. The van der Waals surface area contributed by atoms with E-state index in [1.165, 1.54) is 10.7 Å². The minimum atomic E-state index is -1.04. The third kappa shape index (κ3) is 6.47. The zero-order valence-electron chi connectivity index (χ0n) is 21.5. The lowest BCUT2D eigenvalue weighted by molar-refractivity contribution is -0.150. The lowest BCUT2D eigenvalue weighted by Gasteiger charge is -2.27. The molecule has 1 aliphatic rings. The summed E-state index contributed by atoms with van der Waals surface area (Å²) >= 11 is 0. The van der Waals surface area contributed by atoms with Gasteiger partial charge in [0.1, 0.15) is 18.0 Å². The van der Waals surface area contributed by atoms with Crippen molar-refractivity contribution in [3.63, 3.8) is 0 Å². The van der Waals surface area contributed by atoms with Crippen LogP contribution in [0.3, 0.4) is 0 Å². The third-order valence-corrected chi connectivity index (χ3v) is 6.09. The largest absolute Gasteiger partial charge is 0.472 e. The number of aromatic nitrogens is 3. The summed E-state index contributed by atoms with van der Waals surface area (Å²) in [7, 11) is 3.28. The summed E-state index contributed by atoms with van der Waals surface area (Å²) in [4.78, 5) is 37.5. The minimum Gasteiger partial charge on any atom is -0.472 e. The molecule has 0 radical (unpaired) electrons. The van der Waals surface area contributed by atoms with Gasteiger partial charge in [-0.15, -0.1) is 17.5 Å². The summed E-state index contributed by atoms with van der Waals surface area (Å²) in [5.74, 6) is -1.13. The Morgan fingerprint density at radius 1 is 1.21 bits per heavy atom. The first-order chi connectivity index (χ1) is 18.1. The van der Waals surface area contributed by atoms with Gasteiger partial charge < -0.3 is 30.4 Å². The first-order valence-electron chi connectivity index (χ1n) is 11.8. The van der Waals surface area contributed by atoms with Gasteiger partial charge in [-0.1, -0.05) is 36.9 Å². The maximum atomic E-state index is 13.0. The van der Waals surface area contributed by atoms with Crippen LogP contribution in [-0.2, 0) is 29.2 Å². The normalized spacial score (nSPS) is 16.3. The van der Waals surface area contributed by atoms with Gasteiger partial charge in [-0.05, 0) is 11.6 Å². The Hall–Kier alpha value is -4.58. The van der Waals surface area contributed by atoms with Gasteiger partial charge in [0.05, 0.1) is 11.5 Å². The van der Waals surface area contributed by atoms with Crippen molar-refractivity contribution in [3.8, 4) is 5.88 Å². The van der Waals surface area contributed by atoms with Crippen LogP contribution < -0.4 is 21.1 Å². The van der Waals surface area contributed by atoms with Crippen molar-refractivity contribution in [2.24, 2.45) is 19.8 Å². The van der Waals surface area contributed by atoms with Crippen LogP contribution in [0, 0.1) is 5.41 Å². The molecule has 39 heavy (non-hydrogen) atoms. The van der Waals surface area contributed by atoms with E-state index in [9.17, 15) is 14.4 Å². The van der Waals surface area contributed by atoms with Gasteiger partial charge in [0.2, 0.25) is 5.88 Å². The summed E-state index contributed by atoms with van der Waals surface area (Å²) in [6.07, 6.45) is 2.12. The number of benzene rings is 1. The minimum absolute atomic E-state index is 0. The number of nitrogens with two attached hydrogens (primary N) is 1. The average Bonchev–Trinajstić information content (AvgIpc) is 3.52. The highest BCUT2D eigenvalue weighted by Crippen LogP contribution is 2.39. The summed E-state index contributed by atoms with van der Waals surface area (Å²) in [6.45, 7) is 4.01. The molecule has 0 saturated carbocycles. The Kier molecular flexibility index (Phi) is 8.81. The zero-order valence-corrected chi connectivity index (χ0v) is 22.3. The van der Waals surface area contributed by atoms with E-state index < -0.39 is 17.5 Å². The van der Waals surface area contributed by atoms with Crippen LogP contribution in [0.2, 0.25) is 0 Å². The average molecular weight is 556 g/mol. The van der Waals surface area contributed by atoms with Crippen molar-refractivity contribution >= 4 is 41.7 Å². The molecular formula is C26H30ClN7O5. The van der Waals surface area contributed by atoms with Crippen LogP contribution in [0.4, 0.5) is 5.69 Å². The highest BCUT2D eigenvalue weighted by atomic mass is 35.5. The fourth-order valence-electron chi connectivity index (χ4n) is 4.14. The smallest absolute Gasteiger partial charge is 0.334 e. The Morgan fingerprint density at radius 3 is 2.56 bits per heavy atom. The number of halogens is 1. The highest BCUT2D eigenvalue weighted by Gasteiger charge is 2.45. The van der Waals surface area contributed by atoms with Gasteiger partial charge in [-0.25, -0.2) is 4.79 Å². The summed E-state index contributed by atoms with van der Waals surface area (Å²) in [5, 5.41) is 16.9. The number of anilines is 1. The number of carbonyl (C=O) groups is 3. The first kappa shape index (κ1) is 29.0. The number of amides is 2. The number of aryl methyl sites for hydroxylation is 2. The lowest BCUT2D eigenvalue weighted by atomic mass is 9.90. The standard InChI is InChI=1S/C26H29N7O5.ClH/c1-16-13-26(38-25(16)36,17-7-5-4-6-8-17)15-37-22-12-20(33(3)31-22)24(35)30-18-11-19(32(2)14-18)23(34)29-10-9-21(27)28;/h4-8,11-12,14H,1,9-10,13,15H2,2-3H3,(H3,27,28)(H,29,34)(H,30,35);1H. The van der Waals surface area contributed by atoms with Crippen LogP contribution in [0.1, 0.15) is 39.4 Å². The molecule has 1 saturated heterocycles. The highest BCUT2D eigenvalue weighted by molar-refractivity contribution is 6.04. The lowest BCUT2D eigenvalue weighted by Crippen LogP contribution is -2.33. The van der Waals surface area contributed by atoms with Gasteiger partial charge in [0.25, 0.3) is 11.8 Å². The number of nitrogens with zero attached hydrogens (tertiary/aromatic N) is 3. The first-order valence-corrected chi connectivity index (χ1v) is 11.8. The number of carbonyl (C=O) groups excluding carboxylic acids is 3. The van der Waals surface area contributed by atoms with E-state index in [1.54, 1.807) is 30.9 Å². The molecule has 1 fully saturated rings. The molecule has 3 aromatic rings. The van der Waals surface area contributed by atoms with Crippen LogP contribution in [0.5, 0.6) is 5.88 Å². The van der Waals surface area contributed by atoms with Gasteiger partial charge in [0.15, 0.2) is 5.60 Å². The summed E-state index contributed by atoms with van der Waals surface area (Å²) < 4.78 is 14.5. The fraction of sp³-hybridized carbons (Fsp3) is 0.269. The molecule has 2 aromatic heterocycles. The second-order valence-corrected chi connectivity index (χ2v) is 9.02. The molecule has 13 heteroatoms. The molecular weight excluding hydrogens is 526 g/mol. The van der Waals surface area contributed by atoms with E-state index in [4.69, 9.17) is 20.6 Å². The fourth-order valence-corrected chi connectivity index (χ4v) is 4.14. The number of hydrogen-bond donors (Lipinski definition) is 4. The zero-order chi connectivity index (χ0) is 27.4. The second kappa shape index (κ2) is 11.9. The van der Waals surface area contributed by atoms with Gasteiger partial charge in [-0.2, -0.15) is 0 Å². The predicted molar refractivity (Wildman–Crippen MR) is 146 cm³/mol. The van der Waals surface area contributed by atoms with E-state index in [0.717, 1.165) is 5.56 Å². The molecule has 0 aliphatic carbocycles. The number of rotatable bonds is 10. The van der Waals surface area contributed by atoms with Gasteiger partial charge in [0, 0.05) is 51.3 Å². The molecule has 1 atom stereocenters. The number of cyclic esters (lactones) is 1. The van der Waals surface area contributed by atoms with Crippen LogP contribution in [0.25, 0.3) is 0 Å². The van der Waals surface area contributed by atoms with Crippen molar-refractivity contribution in [1.29, 1.82) is 5.41 Å². The van der Waals surface area contributed by atoms with Crippen molar-refractivity contribution in [2.75, 3.05) is 18.5 Å². The van der Waals surface area contributed by atoms with Crippen molar-refractivity contribution < 1.29 is 23.9 Å². The topological polar surface area (TPSA) is 166 Å². The van der Waals surface area contributed by atoms with E-state index >= 15 is 0 Å². The third-order valence-electron chi connectivity index (χ3n) is 6.09. The maximum Gasteiger partial charge on any atom is 0.334 e. The monoisotopic (exact) mass is 555 g/mol. The number of esters is 1. The van der Waals surface area contributed by atoms with Gasteiger partial charge in [-0.3, -0.25) is 19.7 Å². The van der Waals surface area contributed by atoms with Gasteiger partial charge >= 0.3 is 5.97 Å². The van der Waals surface area contributed by atoms with E-state index in [-0.39, 0.29) is 61.7 Å². The molecule has 1 aliphatic heterocycles. The molecule has 3 heterocycles. The van der Waals surface area contributed by atoms with E-state index in [1.807, 2.05) is 30.3 Å². The number of ether oxygens (including phenoxy) is 2. The Bertz CT molecular complexity index is 1400. The molecule has 1 unspecified atom stereocenters. The Balaban J connectivity index is 0.00000420. The van der Waals surface area contributed by atoms with Crippen molar-refractivity contribution in [2.45, 2.75) is 18.4 Å². The van der Waals surface area contributed by atoms with E-state index in [0.29, 0.717) is 17.0 Å². The summed E-state index contributed by atoms with van der Waals surface area (Å²) in [6, 6.07) is 12.3. The molecule has 2 amide bonds. The Morgan fingerprint density at radius 2 is 1.92 bits per heavy atom. The molecule has 4 rings (SSSR count).